The van der Waals surface area contributed by atoms with E-state index in [0.717, 1.165) is 33.9 Å². The molecular weight excluding hydrogens is 294 g/mol. The lowest BCUT2D eigenvalue weighted by Gasteiger charge is -2.07. The molecule has 0 spiro atoms. The van der Waals surface area contributed by atoms with Gasteiger partial charge in [0, 0.05) is 10.4 Å². The molecule has 2 N–H and O–H groups in total. The van der Waals surface area contributed by atoms with Gasteiger partial charge in [-0.25, -0.2) is 0 Å². The van der Waals surface area contributed by atoms with Gasteiger partial charge in [-0.15, -0.1) is 11.3 Å². The fourth-order valence-electron chi connectivity index (χ4n) is 2.33. The Balaban J connectivity index is 1.86. The van der Waals surface area contributed by atoms with Crippen LogP contribution >= 0.6 is 11.3 Å². The van der Waals surface area contributed by atoms with Gasteiger partial charge in [0.25, 0.3) is 0 Å². The molecular formula is C17H17N3OS. The fraction of sp³-hybridized carbons (Fsp3) is 0.176. The molecule has 3 aromatic rings. The van der Waals surface area contributed by atoms with Gasteiger partial charge in [0.15, 0.2) is 0 Å². The van der Waals surface area contributed by atoms with Gasteiger partial charge in [-0.2, -0.15) is 5.10 Å². The average molecular weight is 311 g/mol. The number of anilines is 1. The topological polar surface area (TPSA) is 57.8 Å². The molecule has 22 heavy (non-hydrogen) atoms. The van der Waals surface area contributed by atoms with Crippen LogP contribution in [0.5, 0.6) is 0 Å². The van der Waals surface area contributed by atoms with Crippen LogP contribution in [0.4, 0.5) is 5.69 Å². The zero-order chi connectivity index (χ0) is 15.4. The molecule has 1 aromatic carbocycles. The molecule has 0 bridgehead atoms. The molecule has 3 rings (SSSR count). The number of hydrogen-bond acceptors (Lipinski definition) is 3. The van der Waals surface area contributed by atoms with Crippen LogP contribution in [0.1, 0.15) is 17.5 Å². The second kappa shape index (κ2) is 6.58. The third kappa shape index (κ3) is 3.09. The van der Waals surface area contributed by atoms with Crippen LogP contribution in [0.25, 0.3) is 11.3 Å². The Morgan fingerprint density at radius 3 is 2.73 bits per heavy atom. The minimum Gasteiger partial charge on any atom is -0.322 e. The number of aromatic amines is 1. The van der Waals surface area contributed by atoms with Gasteiger partial charge < -0.3 is 5.32 Å². The van der Waals surface area contributed by atoms with Crippen molar-refractivity contribution in [3.05, 3.63) is 58.4 Å². The van der Waals surface area contributed by atoms with E-state index in [1.54, 1.807) is 11.3 Å². The normalized spacial score (nSPS) is 10.6. The van der Waals surface area contributed by atoms with E-state index < -0.39 is 0 Å². The maximum atomic E-state index is 12.3. The summed E-state index contributed by atoms with van der Waals surface area (Å²) in [7, 11) is 0. The van der Waals surface area contributed by atoms with Crippen LogP contribution in [0.15, 0.2) is 47.8 Å². The number of benzene rings is 1. The van der Waals surface area contributed by atoms with E-state index in [-0.39, 0.29) is 5.91 Å². The van der Waals surface area contributed by atoms with Crippen LogP contribution in [0, 0.1) is 0 Å². The molecule has 5 heteroatoms. The summed E-state index contributed by atoms with van der Waals surface area (Å²) in [6.07, 6.45) is 1.18. The predicted octanol–water partition coefficient (Wildman–Crippen LogP) is 3.88. The van der Waals surface area contributed by atoms with Crippen molar-refractivity contribution in [3.63, 3.8) is 0 Å². The predicted molar refractivity (Wildman–Crippen MR) is 90.1 cm³/mol. The fourth-order valence-corrected chi connectivity index (χ4v) is 3.03. The molecule has 0 aliphatic heterocycles. The highest BCUT2D eigenvalue weighted by atomic mass is 32.1. The molecule has 0 radical (unpaired) electrons. The largest absolute Gasteiger partial charge is 0.322 e. The third-order valence-corrected chi connectivity index (χ3v) is 4.30. The monoisotopic (exact) mass is 311 g/mol. The number of amides is 1. The van der Waals surface area contributed by atoms with E-state index in [4.69, 9.17) is 0 Å². The first-order chi connectivity index (χ1) is 10.8. The van der Waals surface area contributed by atoms with Crippen LogP contribution in [-0.2, 0) is 17.6 Å². The summed E-state index contributed by atoms with van der Waals surface area (Å²) in [6, 6.07) is 13.8. The zero-order valence-corrected chi connectivity index (χ0v) is 13.1. The number of nitrogens with zero attached hydrogens (tertiary/aromatic N) is 1. The minimum absolute atomic E-state index is 0.0178. The molecule has 2 heterocycles. The minimum atomic E-state index is -0.0178. The molecule has 0 unspecified atom stereocenters. The summed E-state index contributed by atoms with van der Waals surface area (Å²) >= 11 is 1.59. The van der Waals surface area contributed by atoms with E-state index in [2.05, 4.69) is 15.5 Å². The standard InChI is InChI=1S/C17H17N3OS/c1-2-14-17(18-15(21)11-13-9-6-10-22-13)16(20-19-14)12-7-4-3-5-8-12/h3-10H,2,11H2,1H3,(H,18,21)(H,19,20). The van der Waals surface area contributed by atoms with Crippen LogP contribution in [0.2, 0.25) is 0 Å². The average Bonchev–Trinajstić information content (AvgIpc) is 3.17. The van der Waals surface area contributed by atoms with Gasteiger partial charge in [0.2, 0.25) is 5.91 Å². The molecule has 0 fully saturated rings. The summed E-state index contributed by atoms with van der Waals surface area (Å²) in [6.45, 7) is 2.04. The molecule has 112 valence electrons. The lowest BCUT2D eigenvalue weighted by Crippen LogP contribution is -2.15. The number of aryl methyl sites for hydroxylation is 1. The van der Waals surface area contributed by atoms with Crippen molar-refractivity contribution in [2.24, 2.45) is 0 Å². The summed E-state index contributed by atoms with van der Waals surface area (Å²) in [5, 5.41) is 12.4. The Labute approximate surface area is 133 Å². The lowest BCUT2D eigenvalue weighted by molar-refractivity contribution is -0.115. The first kappa shape index (κ1) is 14.5. The van der Waals surface area contributed by atoms with Crippen molar-refractivity contribution in [2.75, 3.05) is 5.32 Å². The van der Waals surface area contributed by atoms with E-state index in [1.807, 2.05) is 54.8 Å². The SMILES string of the molecule is CCc1[nH]nc(-c2ccccc2)c1NC(=O)Cc1cccs1. The lowest BCUT2D eigenvalue weighted by atomic mass is 10.1. The van der Waals surface area contributed by atoms with Crippen molar-refractivity contribution < 1.29 is 4.79 Å². The second-order valence-corrected chi connectivity index (χ2v) is 5.98. The summed E-state index contributed by atoms with van der Waals surface area (Å²) in [5.74, 6) is -0.0178. The third-order valence-electron chi connectivity index (χ3n) is 3.42. The van der Waals surface area contributed by atoms with Gasteiger partial charge in [-0.05, 0) is 17.9 Å². The molecule has 0 saturated heterocycles. The Morgan fingerprint density at radius 1 is 1.23 bits per heavy atom. The van der Waals surface area contributed by atoms with Crippen LogP contribution in [0.3, 0.4) is 0 Å². The maximum absolute atomic E-state index is 12.3. The van der Waals surface area contributed by atoms with Crippen molar-refractivity contribution in [1.82, 2.24) is 10.2 Å². The number of thiophene rings is 1. The van der Waals surface area contributed by atoms with Gasteiger partial charge in [0.05, 0.1) is 17.8 Å². The van der Waals surface area contributed by atoms with Gasteiger partial charge >= 0.3 is 0 Å². The Morgan fingerprint density at radius 2 is 2.05 bits per heavy atom. The van der Waals surface area contributed by atoms with Gasteiger partial charge in [-0.3, -0.25) is 9.89 Å². The van der Waals surface area contributed by atoms with E-state index >= 15 is 0 Å². The first-order valence-corrected chi connectivity index (χ1v) is 8.10. The van der Waals surface area contributed by atoms with Crippen molar-refractivity contribution in [3.8, 4) is 11.3 Å². The second-order valence-electron chi connectivity index (χ2n) is 4.95. The molecule has 4 nitrogen and oxygen atoms in total. The summed E-state index contributed by atoms with van der Waals surface area (Å²) in [5.41, 5.74) is 3.51. The molecule has 0 aliphatic rings. The number of aromatic nitrogens is 2. The summed E-state index contributed by atoms with van der Waals surface area (Å²) in [4.78, 5) is 13.3. The first-order valence-electron chi connectivity index (χ1n) is 7.22. The number of rotatable bonds is 5. The van der Waals surface area contributed by atoms with Crippen molar-refractivity contribution in [1.29, 1.82) is 0 Å². The van der Waals surface area contributed by atoms with E-state index in [9.17, 15) is 4.79 Å². The molecule has 0 saturated carbocycles. The Kier molecular flexibility index (Phi) is 4.34. The number of carbonyl (C=O) groups excluding carboxylic acids is 1. The Hall–Kier alpha value is -2.40. The van der Waals surface area contributed by atoms with Gasteiger partial charge in [-0.1, -0.05) is 43.3 Å². The Bertz CT molecular complexity index is 748. The van der Waals surface area contributed by atoms with E-state index in [0.29, 0.717) is 6.42 Å². The number of carbonyl (C=O) groups is 1. The van der Waals surface area contributed by atoms with Crippen LogP contribution in [-0.4, -0.2) is 16.1 Å². The highest BCUT2D eigenvalue weighted by Crippen LogP contribution is 2.29. The summed E-state index contributed by atoms with van der Waals surface area (Å²) < 4.78 is 0. The number of hydrogen-bond donors (Lipinski definition) is 2. The van der Waals surface area contributed by atoms with Crippen molar-refractivity contribution >= 4 is 22.9 Å². The maximum Gasteiger partial charge on any atom is 0.229 e. The van der Waals surface area contributed by atoms with Crippen LogP contribution < -0.4 is 5.32 Å². The van der Waals surface area contributed by atoms with Crippen molar-refractivity contribution in [2.45, 2.75) is 19.8 Å². The smallest absolute Gasteiger partial charge is 0.229 e. The van der Waals surface area contributed by atoms with Gasteiger partial charge in [0.1, 0.15) is 5.69 Å². The highest BCUT2D eigenvalue weighted by molar-refractivity contribution is 7.10. The quantitative estimate of drug-likeness (QED) is 0.751. The highest BCUT2D eigenvalue weighted by Gasteiger charge is 2.16. The molecule has 0 aliphatic carbocycles. The molecule has 2 aromatic heterocycles. The molecule has 1 amide bonds. The number of nitrogens with one attached hydrogen (secondary N) is 2. The zero-order valence-electron chi connectivity index (χ0n) is 12.3. The molecule has 0 atom stereocenters. The number of H-pyrrole nitrogens is 1. The van der Waals surface area contributed by atoms with E-state index in [1.165, 1.54) is 0 Å².